The molecule has 3 nitrogen and oxygen atoms in total. The monoisotopic (exact) mass is 255 g/mol. The molecule has 4 heteroatoms. The van der Waals surface area contributed by atoms with Crippen LogP contribution in [0.3, 0.4) is 0 Å². The zero-order chi connectivity index (χ0) is 12.5. The summed E-state index contributed by atoms with van der Waals surface area (Å²) < 4.78 is 1.94. The predicted molar refractivity (Wildman–Crippen MR) is 75.4 cm³/mol. The number of aromatic nitrogens is 3. The van der Waals surface area contributed by atoms with Crippen LogP contribution in [0.25, 0.3) is 5.52 Å². The summed E-state index contributed by atoms with van der Waals surface area (Å²) in [6.45, 7) is 1.90. The van der Waals surface area contributed by atoms with Crippen molar-refractivity contribution in [1.29, 1.82) is 0 Å². The first-order valence-corrected chi connectivity index (χ1v) is 7.05. The third-order valence-corrected chi connectivity index (χ3v) is 4.41. The van der Waals surface area contributed by atoms with E-state index in [1.807, 2.05) is 41.9 Å². The number of benzene rings is 1. The molecule has 90 valence electrons. The molecule has 3 aromatic rings. The molecule has 0 N–H and O–H groups in total. The molecule has 0 aliphatic carbocycles. The summed E-state index contributed by atoms with van der Waals surface area (Å²) in [5.74, 6) is 5.05. The van der Waals surface area contributed by atoms with E-state index in [4.69, 9.17) is 0 Å². The van der Waals surface area contributed by atoms with Crippen LogP contribution in [0, 0.1) is 6.92 Å². The van der Waals surface area contributed by atoms with Crippen LogP contribution in [0.15, 0.2) is 58.6 Å². The Morgan fingerprint density at radius 3 is 2.67 bits per heavy atom. The van der Waals surface area contributed by atoms with Gasteiger partial charge in [0.25, 0.3) is 0 Å². The molecule has 2 aromatic heterocycles. The number of rotatable bonds is 2. The average Bonchev–Trinajstić information content (AvgIpc) is 2.82. The van der Waals surface area contributed by atoms with Crippen molar-refractivity contribution in [2.45, 2.75) is 16.8 Å². The minimum atomic E-state index is -0.226. The first kappa shape index (κ1) is 11.2. The molecular formula is C14H13N3S. The van der Waals surface area contributed by atoms with E-state index >= 15 is 0 Å². The lowest BCUT2D eigenvalue weighted by Crippen LogP contribution is -1.98. The summed E-state index contributed by atoms with van der Waals surface area (Å²) in [6, 6.07) is 14.4. The van der Waals surface area contributed by atoms with Gasteiger partial charge in [-0.2, -0.15) is 5.10 Å². The lowest BCUT2D eigenvalue weighted by Gasteiger charge is -2.07. The van der Waals surface area contributed by atoms with Gasteiger partial charge in [-0.15, -0.1) is 10.5 Å². The average molecular weight is 255 g/mol. The normalized spacial score (nSPS) is 12.7. The van der Waals surface area contributed by atoms with E-state index in [1.54, 1.807) is 0 Å². The van der Waals surface area contributed by atoms with Gasteiger partial charge in [-0.25, -0.2) is 9.50 Å². The van der Waals surface area contributed by atoms with Gasteiger partial charge in [-0.05, 0) is 31.2 Å². The SMILES string of the molecule is C=S(c1ccccc1)c1ccc2cnc(C)nn12. The Morgan fingerprint density at radius 2 is 1.89 bits per heavy atom. The van der Waals surface area contributed by atoms with Crippen LogP contribution in [0.5, 0.6) is 0 Å². The van der Waals surface area contributed by atoms with Crippen LogP contribution in [0.2, 0.25) is 0 Å². The maximum atomic E-state index is 4.45. The summed E-state index contributed by atoms with van der Waals surface area (Å²) >= 11 is 0. The van der Waals surface area contributed by atoms with Gasteiger partial charge in [0.2, 0.25) is 0 Å². The van der Waals surface area contributed by atoms with E-state index in [1.165, 1.54) is 4.90 Å². The molecule has 0 spiro atoms. The molecule has 0 fully saturated rings. The molecule has 1 aromatic carbocycles. The molecule has 0 bridgehead atoms. The lowest BCUT2D eigenvalue weighted by atomic mass is 10.4. The molecule has 0 aliphatic heterocycles. The third kappa shape index (κ3) is 1.84. The number of hydrogen-bond acceptors (Lipinski definition) is 2. The molecular weight excluding hydrogens is 242 g/mol. The van der Waals surface area contributed by atoms with Gasteiger partial charge in [-0.3, -0.25) is 0 Å². The van der Waals surface area contributed by atoms with Crippen LogP contribution in [0.1, 0.15) is 5.82 Å². The van der Waals surface area contributed by atoms with Crippen molar-refractivity contribution in [3.8, 4) is 0 Å². The molecule has 18 heavy (non-hydrogen) atoms. The largest absolute Gasteiger partial charge is 0.238 e. The van der Waals surface area contributed by atoms with Crippen LogP contribution in [0.4, 0.5) is 0 Å². The molecule has 2 heterocycles. The van der Waals surface area contributed by atoms with E-state index in [0.717, 1.165) is 16.4 Å². The van der Waals surface area contributed by atoms with Crippen molar-refractivity contribution >= 4 is 21.9 Å². The fourth-order valence-corrected chi connectivity index (χ4v) is 3.17. The van der Waals surface area contributed by atoms with Crippen molar-refractivity contribution in [2.24, 2.45) is 0 Å². The van der Waals surface area contributed by atoms with Crippen molar-refractivity contribution in [3.63, 3.8) is 0 Å². The summed E-state index contributed by atoms with van der Waals surface area (Å²) in [6.07, 6.45) is 1.84. The van der Waals surface area contributed by atoms with Crippen LogP contribution in [-0.4, -0.2) is 20.5 Å². The second kappa shape index (κ2) is 4.38. The van der Waals surface area contributed by atoms with E-state index in [0.29, 0.717) is 0 Å². The van der Waals surface area contributed by atoms with Gasteiger partial charge in [0.05, 0.1) is 16.7 Å². The Morgan fingerprint density at radius 1 is 1.11 bits per heavy atom. The molecule has 0 saturated carbocycles. The minimum Gasteiger partial charge on any atom is -0.238 e. The highest BCUT2D eigenvalue weighted by atomic mass is 32.2. The van der Waals surface area contributed by atoms with Crippen LogP contribution < -0.4 is 0 Å². The summed E-state index contributed by atoms with van der Waals surface area (Å²) in [5, 5.41) is 5.57. The number of nitrogens with zero attached hydrogens (tertiary/aromatic N) is 3. The fourth-order valence-electron chi connectivity index (χ4n) is 1.85. The first-order valence-electron chi connectivity index (χ1n) is 5.66. The van der Waals surface area contributed by atoms with E-state index in [9.17, 15) is 0 Å². The van der Waals surface area contributed by atoms with Gasteiger partial charge >= 0.3 is 0 Å². The smallest absolute Gasteiger partial charge is 0.146 e. The Labute approximate surface area is 108 Å². The zero-order valence-electron chi connectivity index (χ0n) is 10.1. The van der Waals surface area contributed by atoms with E-state index < -0.39 is 0 Å². The second-order valence-electron chi connectivity index (χ2n) is 4.02. The topological polar surface area (TPSA) is 30.2 Å². The number of aryl methyl sites for hydroxylation is 1. The molecule has 1 unspecified atom stereocenters. The Bertz CT molecular complexity index is 716. The Balaban J connectivity index is 2.15. The standard InChI is InChI=1S/C14H13N3S/c1-11-15-10-12-8-9-14(17(12)16-11)18(2)13-6-4-3-5-7-13/h3-10H,2H2,1H3. The predicted octanol–water partition coefficient (Wildman–Crippen LogP) is 3.16. The highest BCUT2D eigenvalue weighted by molar-refractivity contribution is 8.14. The van der Waals surface area contributed by atoms with Gasteiger partial charge in [0.1, 0.15) is 5.82 Å². The second-order valence-corrected chi connectivity index (χ2v) is 5.69. The Hall–Kier alpha value is -1.94. The fraction of sp³-hybridized carbons (Fsp3) is 0.0714. The van der Waals surface area contributed by atoms with Crippen molar-refractivity contribution in [1.82, 2.24) is 14.6 Å². The lowest BCUT2D eigenvalue weighted by molar-refractivity contribution is 0.798. The molecule has 0 amide bonds. The van der Waals surface area contributed by atoms with E-state index in [2.05, 4.69) is 34.2 Å². The van der Waals surface area contributed by atoms with Crippen LogP contribution in [-0.2, 0) is 0 Å². The molecule has 3 rings (SSSR count). The van der Waals surface area contributed by atoms with Crippen LogP contribution >= 0.6 is 10.5 Å². The first-order chi connectivity index (χ1) is 8.75. The minimum absolute atomic E-state index is 0.226. The highest BCUT2D eigenvalue weighted by Gasteiger charge is 2.07. The molecule has 0 saturated heterocycles. The van der Waals surface area contributed by atoms with E-state index in [-0.39, 0.29) is 10.5 Å². The maximum Gasteiger partial charge on any atom is 0.146 e. The van der Waals surface area contributed by atoms with Gasteiger partial charge in [0, 0.05) is 4.90 Å². The Kier molecular flexibility index (Phi) is 2.72. The van der Waals surface area contributed by atoms with Gasteiger partial charge in [0.15, 0.2) is 0 Å². The van der Waals surface area contributed by atoms with Gasteiger partial charge < -0.3 is 0 Å². The van der Waals surface area contributed by atoms with Crippen molar-refractivity contribution < 1.29 is 0 Å². The molecule has 0 aliphatic rings. The summed E-state index contributed by atoms with van der Waals surface area (Å²) in [5.41, 5.74) is 1.01. The highest BCUT2D eigenvalue weighted by Crippen LogP contribution is 2.34. The molecule has 1 atom stereocenters. The molecule has 0 radical (unpaired) electrons. The summed E-state index contributed by atoms with van der Waals surface area (Å²) in [4.78, 5) is 5.42. The number of hydrogen-bond donors (Lipinski definition) is 0. The zero-order valence-corrected chi connectivity index (χ0v) is 10.9. The quantitative estimate of drug-likeness (QED) is 0.658. The third-order valence-electron chi connectivity index (χ3n) is 2.76. The number of fused-ring (bicyclic) bond motifs is 1. The van der Waals surface area contributed by atoms with Crippen molar-refractivity contribution in [3.05, 3.63) is 54.5 Å². The van der Waals surface area contributed by atoms with Crippen molar-refractivity contribution in [2.75, 3.05) is 0 Å². The maximum absolute atomic E-state index is 4.45. The summed E-state index contributed by atoms with van der Waals surface area (Å²) in [7, 11) is -0.226. The van der Waals surface area contributed by atoms with Gasteiger partial charge in [-0.1, -0.05) is 24.1 Å².